The van der Waals surface area contributed by atoms with E-state index in [1.807, 2.05) is 0 Å². The number of sulfonamides is 1. The second-order valence-electron chi connectivity index (χ2n) is 9.56. The summed E-state index contributed by atoms with van der Waals surface area (Å²) in [6.07, 6.45) is 4.58. The van der Waals surface area contributed by atoms with Crippen molar-refractivity contribution >= 4 is 21.5 Å². The van der Waals surface area contributed by atoms with Crippen LogP contribution in [0.2, 0.25) is 0 Å². The Morgan fingerprint density at radius 3 is 2.50 bits per heavy atom. The highest BCUT2D eigenvalue weighted by molar-refractivity contribution is 7.92. The zero-order valence-electron chi connectivity index (χ0n) is 19.4. The lowest BCUT2D eigenvalue weighted by atomic mass is 9.64. The minimum absolute atomic E-state index is 0.0115. The molecule has 1 spiro atoms. The van der Waals surface area contributed by atoms with E-state index in [0.29, 0.717) is 17.9 Å². The topological polar surface area (TPSA) is 84.9 Å². The van der Waals surface area contributed by atoms with Crippen LogP contribution in [-0.2, 0) is 26.7 Å². The molecular weight excluding hydrogens is 459 g/mol. The molecule has 3 aliphatic rings. The maximum atomic E-state index is 13.6. The number of carbonyl (C=O) groups is 1. The molecule has 5 rings (SSSR count). The molecule has 9 heteroatoms. The van der Waals surface area contributed by atoms with Crippen LogP contribution < -0.4 is 14.2 Å². The first-order chi connectivity index (χ1) is 16.2. The van der Waals surface area contributed by atoms with E-state index in [9.17, 15) is 17.6 Å². The van der Waals surface area contributed by atoms with Crippen LogP contribution in [0.5, 0.6) is 11.5 Å². The fourth-order valence-electron chi connectivity index (χ4n) is 5.33. The third-order valence-corrected chi connectivity index (χ3v) is 8.85. The molecule has 1 saturated heterocycles. The Hall–Kier alpha value is -2.65. The van der Waals surface area contributed by atoms with E-state index in [-0.39, 0.29) is 22.5 Å². The standard InChI is InChI=1S/C25H29FN2O5S/c1-28-10-6-18(7-11-28)33-21-14-17(13-20-19(21)15-24(29)25(20)8-3-9-25)27-34(30,31)23-5-4-16(26)12-22(23)32-2/h4-5,12-14,18,27H,3,6-11,15H2,1-2H3. The van der Waals surface area contributed by atoms with Crippen LogP contribution in [0.3, 0.4) is 0 Å². The largest absolute Gasteiger partial charge is 0.495 e. The number of nitrogens with zero attached hydrogens (tertiary/aromatic N) is 1. The number of ether oxygens (including phenoxy) is 2. The molecule has 182 valence electrons. The smallest absolute Gasteiger partial charge is 0.265 e. The number of hydrogen-bond acceptors (Lipinski definition) is 6. The number of anilines is 1. The van der Waals surface area contributed by atoms with Crippen molar-refractivity contribution in [3.05, 3.63) is 47.3 Å². The minimum atomic E-state index is -4.08. The summed E-state index contributed by atoms with van der Waals surface area (Å²) in [4.78, 5) is 15.1. The number of Topliss-reactive ketones (excluding diaryl/α,β-unsaturated/α-hetero) is 1. The van der Waals surface area contributed by atoms with Gasteiger partial charge in [-0.2, -0.15) is 0 Å². The van der Waals surface area contributed by atoms with Gasteiger partial charge < -0.3 is 14.4 Å². The van der Waals surface area contributed by atoms with Gasteiger partial charge in [0.15, 0.2) is 0 Å². The second kappa shape index (κ2) is 8.53. The molecule has 0 aromatic heterocycles. The van der Waals surface area contributed by atoms with Gasteiger partial charge in [-0.25, -0.2) is 12.8 Å². The number of halogens is 1. The Morgan fingerprint density at radius 2 is 1.85 bits per heavy atom. The van der Waals surface area contributed by atoms with Crippen molar-refractivity contribution in [2.24, 2.45) is 0 Å². The third kappa shape index (κ3) is 3.94. The van der Waals surface area contributed by atoms with Crippen molar-refractivity contribution in [1.29, 1.82) is 0 Å². The number of fused-ring (bicyclic) bond motifs is 2. The predicted octanol–water partition coefficient (Wildman–Crippen LogP) is 3.66. The van der Waals surface area contributed by atoms with Crippen LogP contribution in [0.25, 0.3) is 0 Å². The van der Waals surface area contributed by atoms with Crippen molar-refractivity contribution in [3.8, 4) is 11.5 Å². The minimum Gasteiger partial charge on any atom is -0.495 e. The first-order valence-electron chi connectivity index (χ1n) is 11.6. The zero-order chi connectivity index (χ0) is 24.1. The molecule has 0 bridgehead atoms. The number of carbonyl (C=O) groups excluding carboxylic acids is 1. The summed E-state index contributed by atoms with van der Waals surface area (Å²) < 4.78 is 54.1. The number of rotatable bonds is 6. The van der Waals surface area contributed by atoms with Crippen LogP contribution in [0.1, 0.15) is 43.2 Å². The highest BCUT2D eigenvalue weighted by Crippen LogP contribution is 2.53. The second-order valence-corrected chi connectivity index (χ2v) is 11.2. The fraction of sp³-hybridized carbons (Fsp3) is 0.480. The van der Waals surface area contributed by atoms with E-state index >= 15 is 0 Å². The van der Waals surface area contributed by atoms with Crippen molar-refractivity contribution in [2.75, 3.05) is 32.0 Å². The van der Waals surface area contributed by atoms with Gasteiger partial charge in [0.1, 0.15) is 34.1 Å². The first kappa shape index (κ1) is 23.1. The molecule has 1 heterocycles. The number of ketones is 1. The Bertz CT molecular complexity index is 1230. The van der Waals surface area contributed by atoms with Gasteiger partial charge in [-0.15, -0.1) is 0 Å². The summed E-state index contributed by atoms with van der Waals surface area (Å²) in [7, 11) is -0.706. The highest BCUT2D eigenvalue weighted by atomic mass is 32.2. The number of piperidine rings is 1. The van der Waals surface area contributed by atoms with E-state index < -0.39 is 21.3 Å². The summed E-state index contributed by atoms with van der Waals surface area (Å²) in [5, 5.41) is 0. The quantitative estimate of drug-likeness (QED) is 0.668. The predicted molar refractivity (Wildman–Crippen MR) is 126 cm³/mol. The Kier molecular flexibility index (Phi) is 5.80. The molecule has 2 fully saturated rings. The lowest BCUT2D eigenvalue weighted by Crippen LogP contribution is -2.39. The fourth-order valence-corrected chi connectivity index (χ4v) is 6.53. The number of benzene rings is 2. The molecule has 2 aliphatic carbocycles. The molecule has 34 heavy (non-hydrogen) atoms. The SMILES string of the molecule is COc1cc(F)ccc1S(=O)(=O)Nc1cc(OC2CCN(C)CC2)c2c(c1)C1(CCC1)C(=O)C2. The summed E-state index contributed by atoms with van der Waals surface area (Å²) in [6.45, 7) is 1.85. The van der Waals surface area contributed by atoms with Crippen molar-refractivity contribution in [1.82, 2.24) is 4.90 Å². The van der Waals surface area contributed by atoms with E-state index in [0.717, 1.165) is 68.5 Å². The van der Waals surface area contributed by atoms with Crippen molar-refractivity contribution in [3.63, 3.8) is 0 Å². The van der Waals surface area contributed by atoms with Crippen LogP contribution >= 0.6 is 0 Å². The van der Waals surface area contributed by atoms with Crippen molar-refractivity contribution < 1.29 is 27.1 Å². The van der Waals surface area contributed by atoms with E-state index in [1.54, 1.807) is 12.1 Å². The van der Waals surface area contributed by atoms with Gasteiger partial charge in [0.05, 0.1) is 18.2 Å². The molecule has 0 radical (unpaired) electrons. The van der Waals surface area contributed by atoms with Gasteiger partial charge in [0.25, 0.3) is 10.0 Å². The van der Waals surface area contributed by atoms with Gasteiger partial charge in [-0.1, -0.05) is 6.42 Å². The van der Waals surface area contributed by atoms with Crippen LogP contribution in [0, 0.1) is 5.82 Å². The Morgan fingerprint density at radius 1 is 1.12 bits per heavy atom. The normalized spacial score (nSPS) is 20.1. The monoisotopic (exact) mass is 488 g/mol. The molecule has 2 aromatic rings. The first-order valence-corrected chi connectivity index (χ1v) is 13.1. The third-order valence-electron chi connectivity index (χ3n) is 7.43. The number of likely N-dealkylation sites (tertiary alicyclic amines) is 1. The summed E-state index contributed by atoms with van der Waals surface area (Å²) in [6, 6.07) is 6.74. The molecule has 0 unspecified atom stereocenters. The Balaban J connectivity index is 1.52. The van der Waals surface area contributed by atoms with Gasteiger partial charge in [0, 0.05) is 37.2 Å². The lowest BCUT2D eigenvalue weighted by molar-refractivity contribution is -0.125. The Labute approximate surface area is 199 Å². The van der Waals surface area contributed by atoms with Gasteiger partial charge >= 0.3 is 0 Å². The van der Waals surface area contributed by atoms with E-state index in [4.69, 9.17) is 9.47 Å². The number of hydrogen-bond donors (Lipinski definition) is 1. The van der Waals surface area contributed by atoms with E-state index in [2.05, 4.69) is 16.7 Å². The van der Waals surface area contributed by atoms with Crippen LogP contribution in [0.4, 0.5) is 10.1 Å². The van der Waals surface area contributed by atoms with Gasteiger partial charge in [0.2, 0.25) is 0 Å². The summed E-state index contributed by atoms with van der Waals surface area (Å²) >= 11 is 0. The maximum Gasteiger partial charge on any atom is 0.265 e. The summed E-state index contributed by atoms with van der Waals surface area (Å²) in [5.74, 6) is 0.0878. The van der Waals surface area contributed by atoms with Crippen molar-refractivity contribution in [2.45, 2.75) is 54.9 Å². The van der Waals surface area contributed by atoms with Crippen LogP contribution in [0.15, 0.2) is 35.2 Å². The maximum absolute atomic E-state index is 13.6. The molecule has 0 atom stereocenters. The van der Waals surface area contributed by atoms with Gasteiger partial charge in [-0.05, 0) is 56.5 Å². The van der Waals surface area contributed by atoms with Gasteiger partial charge in [-0.3, -0.25) is 9.52 Å². The molecule has 0 amide bonds. The van der Waals surface area contributed by atoms with E-state index in [1.165, 1.54) is 13.2 Å². The molecule has 2 aromatic carbocycles. The molecule has 7 nitrogen and oxygen atoms in total. The molecule has 1 aliphatic heterocycles. The van der Waals surface area contributed by atoms with Crippen LogP contribution in [-0.4, -0.2) is 52.5 Å². The molecule has 1 saturated carbocycles. The molecular formula is C25H29FN2O5S. The summed E-state index contributed by atoms with van der Waals surface area (Å²) in [5.41, 5.74) is 1.55. The average molecular weight is 489 g/mol. The zero-order valence-corrected chi connectivity index (χ0v) is 20.2. The highest BCUT2D eigenvalue weighted by Gasteiger charge is 2.51. The lowest BCUT2D eigenvalue weighted by Gasteiger charge is -2.38. The molecule has 1 N–H and O–H groups in total. The average Bonchev–Trinajstić information content (AvgIpc) is 3.07. The number of methoxy groups -OCH3 is 1. The number of nitrogens with one attached hydrogen (secondary N) is 1.